The van der Waals surface area contributed by atoms with Crippen LogP contribution in [0.15, 0.2) is 11.4 Å². The third kappa shape index (κ3) is 3.57. The number of carbonyl (C=O) groups excluding carboxylic acids is 2. The summed E-state index contributed by atoms with van der Waals surface area (Å²) in [7, 11) is 0. The van der Waals surface area contributed by atoms with Gasteiger partial charge in [-0.25, -0.2) is 0 Å². The van der Waals surface area contributed by atoms with E-state index >= 15 is 0 Å². The molecular weight excluding hydrogens is 210 g/mol. The molecule has 0 saturated carbocycles. The van der Waals surface area contributed by atoms with E-state index < -0.39 is 0 Å². The summed E-state index contributed by atoms with van der Waals surface area (Å²) in [4.78, 5) is 21.0. The fraction of sp³-hybridized carbons (Fsp3) is 0.250. The largest absolute Gasteiger partial charge is 0.325 e. The van der Waals surface area contributed by atoms with Crippen LogP contribution in [-0.4, -0.2) is 12.2 Å². The third-order valence-electron chi connectivity index (χ3n) is 1.34. The average Bonchev–Trinajstić information content (AvgIpc) is 2.48. The molecule has 0 aromatic carbocycles. The lowest BCUT2D eigenvalue weighted by Gasteiger charge is -1.98. The minimum Gasteiger partial charge on any atom is -0.325 e. The van der Waals surface area contributed by atoms with Crippen LogP contribution in [0, 0.1) is 0 Å². The van der Waals surface area contributed by atoms with Crippen LogP contribution in [0.1, 0.15) is 12.8 Å². The van der Waals surface area contributed by atoms with Crippen LogP contribution in [0.2, 0.25) is 4.34 Å². The molecule has 1 aromatic rings. The Hall–Kier alpha value is -0.870. The van der Waals surface area contributed by atoms with Gasteiger partial charge in [-0.15, -0.1) is 11.3 Å². The Bertz CT molecular complexity index is 311. The van der Waals surface area contributed by atoms with Crippen molar-refractivity contribution in [1.82, 2.24) is 0 Å². The Labute approximate surface area is 84.7 Å². The van der Waals surface area contributed by atoms with E-state index in [1.54, 1.807) is 11.4 Å². The second kappa shape index (κ2) is 4.99. The zero-order valence-electron chi connectivity index (χ0n) is 6.75. The molecule has 0 aliphatic rings. The number of thiophene rings is 1. The van der Waals surface area contributed by atoms with Crippen molar-refractivity contribution in [2.75, 3.05) is 5.32 Å². The van der Waals surface area contributed by atoms with Gasteiger partial charge in [0.05, 0.1) is 10.0 Å². The van der Waals surface area contributed by atoms with Crippen molar-refractivity contribution in [3.8, 4) is 0 Å². The molecule has 1 N–H and O–H groups in total. The lowest BCUT2D eigenvalue weighted by molar-refractivity contribution is -0.118. The minimum atomic E-state index is -0.165. The first-order valence-electron chi connectivity index (χ1n) is 3.70. The van der Waals surface area contributed by atoms with Gasteiger partial charge in [-0.2, -0.15) is 0 Å². The normalized spacial score (nSPS) is 9.62. The quantitative estimate of drug-likeness (QED) is 0.787. The van der Waals surface area contributed by atoms with Crippen LogP contribution >= 0.6 is 22.9 Å². The van der Waals surface area contributed by atoms with Crippen LogP contribution in [0.5, 0.6) is 0 Å². The van der Waals surface area contributed by atoms with Gasteiger partial charge >= 0.3 is 0 Å². The van der Waals surface area contributed by atoms with Gasteiger partial charge in [0, 0.05) is 18.2 Å². The molecule has 5 heteroatoms. The summed E-state index contributed by atoms with van der Waals surface area (Å²) in [6, 6.07) is 1.67. The van der Waals surface area contributed by atoms with Crippen LogP contribution in [0.4, 0.5) is 5.69 Å². The molecule has 1 amide bonds. The minimum absolute atomic E-state index is 0.165. The number of amides is 1. The summed E-state index contributed by atoms with van der Waals surface area (Å²) >= 11 is 7.01. The van der Waals surface area contributed by atoms with Crippen molar-refractivity contribution >= 4 is 40.8 Å². The van der Waals surface area contributed by atoms with Gasteiger partial charge in [0.2, 0.25) is 5.91 Å². The summed E-state index contributed by atoms with van der Waals surface area (Å²) in [6.07, 6.45) is 1.20. The predicted octanol–water partition coefficient (Wildman–Crippen LogP) is 2.32. The molecule has 1 rings (SSSR count). The molecule has 1 heterocycles. The number of hydrogen-bond acceptors (Lipinski definition) is 3. The highest BCUT2D eigenvalue weighted by molar-refractivity contribution is 7.14. The Balaban J connectivity index is 2.40. The second-order valence-electron chi connectivity index (χ2n) is 2.39. The number of aldehydes is 1. The fourth-order valence-electron chi connectivity index (χ4n) is 0.789. The maximum atomic E-state index is 11.1. The Morgan fingerprint density at radius 1 is 1.69 bits per heavy atom. The van der Waals surface area contributed by atoms with E-state index in [4.69, 9.17) is 11.6 Å². The van der Waals surface area contributed by atoms with Gasteiger partial charge in [0.25, 0.3) is 0 Å². The van der Waals surface area contributed by atoms with Gasteiger partial charge < -0.3 is 10.1 Å². The van der Waals surface area contributed by atoms with Crippen LogP contribution in [0.3, 0.4) is 0 Å². The summed E-state index contributed by atoms with van der Waals surface area (Å²) in [5.41, 5.74) is 0.686. The molecule has 0 saturated heterocycles. The number of carbonyl (C=O) groups is 2. The number of anilines is 1. The number of rotatable bonds is 4. The lowest BCUT2D eigenvalue weighted by Crippen LogP contribution is -2.10. The second-order valence-corrected chi connectivity index (χ2v) is 3.94. The molecule has 0 spiro atoms. The van der Waals surface area contributed by atoms with Crippen LogP contribution in [0.25, 0.3) is 0 Å². The lowest BCUT2D eigenvalue weighted by atomic mass is 10.3. The monoisotopic (exact) mass is 217 g/mol. The van der Waals surface area contributed by atoms with Crippen molar-refractivity contribution in [2.45, 2.75) is 12.8 Å². The number of hydrogen-bond donors (Lipinski definition) is 1. The van der Waals surface area contributed by atoms with Gasteiger partial charge in [-0.1, -0.05) is 11.6 Å². The van der Waals surface area contributed by atoms with Crippen LogP contribution in [-0.2, 0) is 9.59 Å². The van der Waals surface area contributed by atoms with Gasteiger partial charge in [0.1, 0.15) is 6.29 Å². The standard InChI is InChI=1S/C8H8ClNO2S/c9-7-4-6(5-13-7)10-8(12)2-1-3-11/h3-5H,1-2H2,(H,10,12). The summed E-state index contributed by atoms with van der Waals surface area (Å²) in [6.45, 7) is 0. The van der Waals surface area contributed by atoms with Gasteiger partial charge in [-0.05, 0) is 6.07 Å². The summed E-state index contributed by atoms with van der Waals surface area (Å²) in [5, 5.41) is 4.38. The summed E-state index contributed by atoms with van der Waals surface area (Å²) < 4.78 is 0.630. The molecule has 13 heavy (non-hydrogen) atoms. The molecular formula is C8H8ClNO2S. The van der Waals surface area contributed by atoms with E-state index in [0.717, 1.165) is 6.29 Å². The van der Waals surface area contributed by atoms with Gasteiger partial charge in [-0.3, -0.25) is 4.79 Å². The Morgan fingerprint density at radius 2 is 2.46 bits per heavy atom. The Kier molecular flexibility index (Phi) is 3.92. The van der Waals surface area contributed by atoms with Crippen molar-refractivity contribution in [1.29, 1.82) is 0 Å². The zero-order chi connectivity index (χ0) is 9.68. The fourth-order valence-corrected chi connectivity index (χ4v) is 1.60. The molecule has 0 unspecified atom stereocenters. The predicted molar refractivity (Wildman–Crippen MR) is 53.3 cm³/mol. The van der Waals surface area contributed by atoms with Crippen molar-refractivity contribution < 1.29 is 9.59 Å². The average molecular weight is 218 g/mol. The maximum absolute atomic E-state index is 11.1. The SMILES string of the molecule is O=CCCC(=O)Nc1csc(Cl)c1. The Morgan fingerprint density at radius 3 is 3.00 bits per heavy atom. The van der Waals surface area contributed by atoms with Crippen molar-refractivity contribution in [2.24, 2.45) is 0 Å². The molecule has 0 atom stereocenters. The first-order valence-corrected chi connectivity index (χ1v) is 4.95. The van der Waals surface area contributed by atoms with E-state index in [1.165, 1.54) is 11.3 Å². The van der Waals surface area contributed by atoms with E-state index in [1.807, 2.05) is 0 Å². The topological polar surface area (TPSA) is 46.2 Å². The molecule has 0 aliphatic heterocycles. The van der Waals surface area contributed by atoms with Crippen molar-refractivity contribution in [3.63, 3.8) is 0 Å². The molecule has 0 fully saturated rings. The highest BCUT2D eigenvalue weighted by Crippen LogP contribution is 2.23. The molecule has 0 aliphatic carbocycles. The molecule has 0 bridgehead atoms. The first-order chi connectivity index (χ1) is 6.22. The first kappa shape index (κ1) is 10.2. The van der Waals surface area contributed by atoms with Crippen molar-refractivity contribution in [3.05, 3.63) is 15.8 Å². The highest BCUT2D eigenvalue weighted by Gasteiger charge is 2.02. The third-order valence-corrected chi connectivity index (χ3v) is 2.43. The molecule has 1 aromatic heterocycles. The number of nitrogens with one attached hydrogen (secondary N) is 1. The molecule has 0 radical (unpaired) electrons. The number of halogens is 1. The zero-order valence-corrected chi connectivity index (χ0v) is 8.32. The van der Waals surface area contributed by atoms with E-state index in [9.17, 15) is 9.59 Å². The van der Waals surface area contributed by atoms with E-state index in [0.29, 0.717) is 10.0 Å². The maximum Gasteiger partial charge on any atom is 0.224 e. The highest BCUT2D eigenvalue weighted by atomic mass is 35.5. The smallest absolute Gasteiger partial charge is 0.224 e. The molecule has 3 nitrogen and oxygen atoms in total. The van der Waals surface area contributed by atoms with Crippen LogP contribution < -0.4 is 5.32 Å². The van der Waals surface area contributed by atoms with Gasteiger partial charge in [0.15, 0.2) is 0 Å². The van der Waals surface area contributed by atoms with E-state index in [2.05, 4.69) is 5.32 Å². The summed E-state index contributed by atoms with van der Waals surface area (Å²) in [5.74, 6) is -0.165. The van der Waals surface area contributed by atoms with E-state index in [-0.39, 0.29) is 18.7 Å². The molecule has 70 valence electrons.